The second kappa shape index (κ2) is 4.67. The molecular weight excluding hydrogens is 236 g/mol. The quantitative estimate of drug-likeness (QED) is 0.879. The third-order valence-corrected chi connectivity index (χ3v) is 3.89. The minimum absolute atomic E-state index is 0.140. The maximum atomic E-state index is 11.9. The molecule has 1 aliphatic rings. The van der Waals surface area contributed by atoms with Crippen LogP contribution in [-0.4, -0.2) is 19.5 Å². The molecule has 3 nitrogen and oxygen atoms in total. The van der Waals surface area contributed by atoms with Crippen LogP contribution in [-0.2, 0) is 4.79 Å². The summed E-state index contributed by atoms with van der Waals surface area (Å²) in [6.07, 6.45) is 1.38. The Morgan fingerprint density at radius 2 is 2.24 bits per heavy atom. The Morgan fingerprint density at radius 3 is 2.88 bits per heavy atom. The fourth-order valence-corrected chi connectivity index (χ4v) is 2.66. The molecule has 17 heavy (non-hydrogen) atoms. The van der Waals surface area contributed by atoms with Gasteiger partial charge in [-0.25, -0.2) is 0 Å². The van der Waals surface area contributed by atoms with Gasteiger partial charge in [0, 0.05) is 18.5 Å². The third-order valence-electron chi connectivity index (χ3n) is 3.48. The summed E-state index contributed by atoms with van der Waals surface area (Å²) in [7, 11) is 1.81. The van der Waals surface area contributed by atoms with Gasteiger partial charge in [-0.05, 0) is 43.0 Å². The van der Waals surface area contributed by atoms with E-state index in [2.05, 4.69) is 0 Å². The summed E-state index contributed by atoms with van der Waals surface area (Å²) in [5, 5.41) is 0.705. The molecule has 2 rings (SSSR count). The predicted molar refractivity (Wildman–Crippen MR) is 70.6 cm³/mol. The molecule has 4 heteroatoms. The highest BCUT2D eigenvalue weighted by Crippen LogP contribution is 2.41. The van der Waals surface area contributed by atoms with Gasteiger partial charge in [0.05, 0.1) is 5.69 Å². The summed E-state index contributed by atoms with van der Waals surface area (Å²) in [6.45, 7) is 2.55. The molecule has 1 aromatic carbocycles. The second-order valence-corrected chi connectivity index (χ2v) is 4.95. The number of halogens is 1. The van der Waals surface area contributed by atoms with Crippen molar-refractivity contribution in [2.24, 2.45) is 5.73 Å². The van der Waals surface area contributed by atoms with Crippen LogP contribution in [0.15, 0.2) is 12.1 Å². The van der Waals surface area contributed by atoms with E-state index in [0.717, 1.165) is 17.7 Å². The normalized spacial score (nSPS) is 19.4. The summed E-state index contributed by atoms with van der Waals surface area (Å²) in [5.74, 6) is 0.371. The van der Waals surface area contributed by atoms with E-state index in [9.17, 15) is 4.79 Å². The van der Waals surface area contributed by atoms with Gasteiger partial charge in [-0.2, -0.15) is 0 Å². The van der Waals surface area contributed by atoms with Crippen LogP contribution < -0.4 is 10.6 Å². The van der Waals surface area contributed by atoms with Gasteiger partial charge in [0.1, 0.15) is 0 Å². The second-order valence-electron chi connectivity index (χ2n) is 4.54. The number of nitrogens with zero attached hydrogens (tertiary/aromatic N) is 1. The lowest BCUT2D eigenvalue weighted by molar-refractivity contribution is -0.119. The number of rotatable bonds is 2. The molecule has 0 saturated heterocycles. The standard InChI is InChI=1S/C13H17ClN2O/c1-8-11(14)4-3-10-9(5-6-15)7-12(17)16(2)13(8)10/h3-4,9H,5-7,15H2,1-2H3. The summed E-state index contributed by atoms with van der Waals surface area (Å²) in [5.41, 5.74) is 8.75. The molecule has 0 aromatic heterocycles. The van der Waals surface area contributed by atoms with E-state index < -0.39 is 0 Å². The Hall–Kier alpha value is -1.06. The summed E-state index contributed by atoms with van der Waals surface area (Å²) < 4.78 is 0. The number of hydrogen-bond donors (Lipinski definition) is 1. The number of fused-ring (bicyclic) bond motifs is 1. The maximum absolute atomic E-state index is 11.9. The van der Waals surface area contributed by atoms with Crippen LogP contribution in [0.5, 0.6) is 0 Å². The van der Waals surface area contributed by atoms with Gasteiger partial charge in [-0.15, -0.1) is 0 Å². The molecule has 0 radical (unpaired) electrons. The first-order valence-electron chi connectivity index (χ1n) is 5.82. The van der Waals surface area contributed by atoms with Gasteiger partial charge in [0.15, 0.2) is 0 Å². The van der Waals surface area contributed by atoms with E-state index >= 15 is 0 Å². The van der Waals surface area contributed by atoms with Gasteiger partial charge in [0.25, 0.3) is 0 Å². The smallest absolute Gasteiger partial charge is 0.227 e. The Morgan fingerprint density at radius 1 is 1.53 bits per heavy atom. The molecular formula is C13H17ClN2O. The fraction of sp³-hybridized carbons (Fsp3) is 0.462. The van der Waals surface area contributed by atoms with Crippen LogP contribution in [0.3, 0.4) is 0 Å². The highest BCUT2D eigenvalue weighted by molar-refractivity contribution is 6.32. The fourth-order valence-electron chi connectivity index (χ4n) is 2.51. The highest BCUT2D eigenvalue weighted by atomic mass is 35.5. The topological polar surface area (TPSA) is 46.3 Å². The first-order valence-corrected chi connectivity index (χ1v) is 6.19. The van der Waals surface area contributed by atoms with Gasteiger partial charge >= 0.3 is 0 Å². The van der Waals surface area contributed by atoms with E-state index in [-0.39, 0.29) is 11.8 Å². The molecule has 1 unspecified atom stereocenters. The van der Waals surface area contributed by atoms with Crippen LogP contribution in [0.2, 0.25) is 5.02 Å². The Balaban J connectivity index is 2.55. The summed E-state index contributed by atoms with van der Waals surface area (Å²) in [6, 6.07) is 3.93. The van der Waals surface area contributed by atoms with Crippen LogP contribution in [0.25, 0.3) is 0 Å². The minimum Gasteiger partial charge on any atom is -0.330 e. The number of hydrogen-bond acceptors (Lipinski definition) is 2. The number of benzene rings is 1. The molecule has 1 heterocycles. The lowest BCUT2D eigenvalue weighted by Crippen LogP contribution is -2.34. The van der Waals surface area contributed by atoms with Crippen molar-refractivity contribution >= 4 is 23.2 Å². The highest BCUT2D eigenvalue weighted by Gasteiger charge is 2.30. The number of nitrogens with two attached hydrogens (primary N) is 1. The minimum atomic E-state index is 0.140. The van der Waals surface area contributed by atoms with E-state index in [1.54, 1.807) is 4.90 Å². The van der Waals surface area contributed by atoms with Crippen molar-refractivity contribution in [2.75, 3.05) is 18.5 Å². The number of amides is 1. The summed E-state index contributed by atoms with van der Waals surface area (Å²) in [4.78, 5) is 13.7. The Labute approximate surface area is 107 Å². The lowest BCUT2D eigenvalue weighted by Gasteiger charge is -2.33. The van der Waals surface area contributed by atoms with Crippen molar-refractivity contribution in [2.45, 2.75) is 25.7 Å². The van der Waals surface area contributed by atoms with Crippen molar-refractivity contribution in [3.63, 3.8) is 0 Å². The van der Waals surface area contributed by atoms with Crippen molar-refractivity contribution < 1.29 is 4.79 Å². The third kappa shape index (κ3) is 2.05. The van der Waals surface area contributed by atoms with Crippen molar-refractivity contribution in [3.05, 3.63) is 28.3 Å². The molecule has 0 fully saturated rings. The van der Waals surface area contributed by atoms with Crippen molar-refractivity contribution in [3.8, 4) is 0 Å². The molecule has 0 spiro atoms. The molecule has 1 aliphatic heterocycles. The number of carbonyl (C=O) groups is 1. The van der Waals surface area contributed by atoms with Crippen LogP contribution in [0.4, 0.5) is 5.69 Å². The molecule has 92 valence electrons. The van der Waals surface area contributed by atoms with Gasteiger partial charge in [0.2, 0.25) is 5.91 Å². The van der Waals surface area contributed by atoms with E-state index in [4.69, 9.17) is 17.3 Å². The lowest BCUT2D eigenvalue weighted by atomic mass is 9.86. The predicted octanol–water partition coefficient (Wildman–Crippen LogP) is 2.45. The van der Waals surface area contributed by atoms with Crippen LogP contribution >= 0.6 is 11.6 Å². The first kappa shape index (κ1) is 12.4. The Kier molecular flexibility index (Phi) is 3.40. The molecule has 1 atom stereocenters. The average Bonchev–Trinajstić information content (AvgIpc) is 2.29. The SMILES string of the molecule is Cc1c(Cl)ccc2c1N(C)C(=O)CC2CCN. The van der Waals surface area contributed by atoms with E-state index in [0.29, 0.717) is 18.0 Å². The molecule has 1 amide bonds. The zero-order chi connectivity index (χ0) is 12.6. The zero-order valence-electron chi connectivity index (χ0n) is 10.2. The maximum Gasteiger partial charge on any atom is 0.227 e. The molecule has 0 bridgehead atoms. The van der Waals surface area contributed by atoms with E-state index in [1.165, 1.54) is 5.56 Å². The van der Waals surface area contributed by atoms with Crippen LogP contribution in [0, 0.1) is 6.92 Å². The molecule has 2 N–H and O–H groups in total. The number of carbonyl (C=O) groups excluding carboxylic acids is 1. The molecule has 0 saturated carbocycles. The van der Waals surface area contributed by atoms with Crippen LogP contribution in [0.1, 0.15) is 29.9 Å². The average molecular weight is 253 g/mol. The van der Waals surface area contributed by atoms with E-state index in [1.807, 2.05) is 26.1 Å². The monoisotopic (exact) mass is 252 g/mol. The van der Waals surface area contributed by atoms with Gasteiger partial charge in [-0.1, -0.05) is 17.7 Å². The first-order chi connectivity index (χ1) is 8.06. The zero-order valence-corrected chi connectivity index (χ0v) is 10.9. The van der Waals surface area contributed by atoms with Crippen molar-refractivity contribution in [1.29, 1.82) is 0 Å². The van der Waals surface area contributed by atoms with Crippen molar-refractivity contribution in [1.82, 2.24) is 0 Å². The van der Waals surface area contributed by atoms with Gasteiger partial charge in [-0.3, -0.25) is 4.79 Å². The molecule has 1 aromatic rings. The molecule has 0 aliphatic carbocycles. The largest absolute Gasteiger partial charge is 0.330 e. The van der Waals surface area contributed by atoms with Gasteiger partial charge < -0.3 is 10.6 Å². The summed E-state index contributed by atoms with van der Waals surface area (Å²) >= 11 is 6.12. The number of anilines is 1. The Bertz CT molecular complexity index is 459.